The van der Waals surface area contributed by atoms with Crippen molar-refractivity contribution in [2.24, 2.45) is 0 Å². The van der Waals surface area contributed by atoms with Crippen LogP contribution in [-0.2, 0) is 9.53 Å². The first kappa shape index (κ1) is 24.3. The molecule has 1 aromatic rings. The number of allylic oxidation sites excluding steroid dienone is 1. The maximum Gasteiger partial charge on any atom is 0.337 e. The van der Waals surface area contributed by atoms with Gasteiger partial charge in [0.2, 0.25) is 0 Å². The predicted molar refractivity (Wildman–Crippen MR) is 121 cm³/mol. The van der Waals surface area contributed by atoms with Gasteiger partial charge < -0.3 is 20.1 Å². The summed E-state index contributed by atoms with van der Waals surface area (Å²) in [5, 5.41) is 5.52. The summed E-state index contributed by atoms with van der Waals surface area (Å²) in [4.78, 5) is 24.4. The number of carbonyl (C=O) groups is 2. The van der Waals surface area contributed by atoms with Gasteiger partial charge in [0.1, 0.15) is 5.75 Å². The fourth-order valence-electron chi connectivity index (χ4n) is 3.55. The molecule has 0 saturated heterocycles. The van der Waals surface area contributed by atoms with Crippen LogP contribution in [0, 0.1) is 0 Å². The lowest BCUT2D eigenvalue weighted by Gasteiger charge is -2.29. The largest absolute Gasteiger partial charge is 0.492 e. The van der Waals surface area contributed by atoms with Crippen molar-refractivity contribution in [1.29, 1.82) is 0 Å². The molecule has 2 amide bonds. The van der Waals surface area contributed by atoms with Crippen LogP contribution in [0.25, 0.3) is 0 Å². The Balaban J connectivity index is 2.01. The molecule has 2 N–H and O–H groups in total. The molecule has 1 aromatic carbocycles. The standard InChI is InChI=1S/C23H33BrN2O4/c1-4-6-7-8-9-10-11-14-30-19-13-12-16(15-17(19)24)21-20(22(27)29-3)18(5-2)25-23(28)26-21/h12-13,15,21H,4-11,14H2,1-3H3,(H2,25,26,28). The van der Waals surface area contributed by atoms with Crippen molar-refractivity contribution >= 4 is 27.9 Å². The highest BCUT2D eigenvalue weighted by Gasteiger charge is 2.33. The van der Waals surface area contributed by atoms with Gasteiger partial charge in [0.25, 0.3) is 0 Å². The molecule has 1 aliphatic heterocycles. The quantitative estimate of drug-likeness (QED) is 0.294. The summed E-state index contributed by atoms with van der Waals surface area (Å²) in [5.41, 5.74) is 1.78. The van der Waals surface area contributed by atoms with Gasteiger partial charge >= 0.3 is 12.0 Å². The summed E-state index contributed by atoms with van der Waals surface area (Å²) in [7, 11) is 1.34. The molecule has 7 heteroatoms. The maximum atomic E-state index is 12.4. The van der Waals surface area contributed by atoms with E-state index in [0.29, 0.717) is 24.3 Å². The van der Waals surface area contributed by atoms with Crippen molar-refractivity contribution < 1.29 is 19.1 Å². The lowest BCUT2D eigenvalue weighted by molar-refractivity contribution is -0.136. The molecule has 0 fully saturated rings. The van der Waals surface area contributed by atoms with E-state index in [1.807, 2.05) is 25.1 Å². The number of rotatable bonds is 12. The van der Waals surface area contributed by atoms with Gasteiger partial charge in [0.05, 0.1) is 29.8 Å². The van der Waals surface area contributed by atoms with E-state index in [0.717, 1.165) is 22.2 Å². The van der Waals surface area contributed by atoms with Crippen LogP contribution in [0.15, 0.2) is 33.9 Å². The molecule has 0 aliphatic carbocycles. The van der Waals surface area contributed by atoms with Crippen LogP contribution in [0.1, 0.15) is 76.8 Å². The molecule has 0 bridgehead atoms. The molecule has 2 rings (SSSR count). The van der Waals surface area contributed by atoms with Crippen LogP contribution in [0.3, 0.4) is 0 Å². The minimum absolute atomic E-state index is 0.333. The monoisotopic (exact) mass is 480 g/mol. The van der Waals surface area contributed by atoms with E-state index in [1.165, 1.54) is 45.6 Å². The second kappa shape index (κ2) is 12.6. The van der Waals surface area contributed by atoms with Gasteiger partial charge in [-0.3, -0.25) is 0 Å². The summed E-state index contributed by atoms with van der Waals surface area (Å²) in [6, 6.07) is 4.72. The average molecular weight is 481 g/mol. The molecule has 1 aliphatic rings. The number of halogens is 1. The van der Waals surface area contributed by atoms with Crippen molar-refractivity contribution in [3.8, 4) is 5.75 Å². The van der Waals surface area contributed by atoms with Crippen molar-refractivity contribution in [3.05, 3.63) is 39.5 Å². The highest BCUT2D eigenvalue weighted by Crippen LogP contribution is 2.34. The molecule has 1 unspecified atom stereocenters. The van der Waals surface area contributed by atoms with Gasteiger partial charge in [-0.2, -0.15) is 0 Å². The van der Waals surface area contributed by atoms with Gasteiger partial charge in [-0.1, -0.05) is 58.4 Å². The Morgan fingerprint density at radius 2 is 1.80 bits per heavy atom. The fourth-order valence-corrected chi connectivity index (χ4v) is 4.06. The minimum atomic E-state index is -0.574. The van der Waals surface area contributed by atoms with Gasteiger partial charge in [-0.15, -0.1) is 0 Å². The number of hydrogen-bond donors (Lipinski definition) is 2. The van der Waals surface area contributed by atoms with Gasteiger partial charge in [0, 0.05) is 5.70 Å². The maximum absolute atomic E-state index is 12.4. The smallest absolute Gasteiger partial charge is 0.337 e. The third kappa shape index (κ3) is 6.76. The number of nitrogens with one attached hydrogen (secondary N) is 2. The van der Waals surface area contributed by atoms with E-state index in [4.69, 9.17) is 9.47 Å². The molecular weight excluding hydrogens is 448 g/mol. The number of benzene rings is 1. The SMILES string of the molecule is CCCCCCCCCOc1ccc(C2NC(=O)NC(CC)=C2C(=O)OC)cc1Br. The Kier molecular flexibility index (Phi) is 10.2. The van der Waals surface area contributed by atoms with E-state index in [2.05, 4.69) is 33.5 Å². The zero-order valence-electron chi connectivity index (χ0n) is 18.2. The second-order valence-corrected chi connectivity index (χ2v) is 8.28. The number of carbonyl (C=O) groups excluding carboxylic acids is 2. The van der Waals surface area contributed by atoms with Gasteiger partial charge in [-0.05, 0) is 46.5 Å². The Labute approximate surface area is 187 Å². The van der Waals surface area contributed by atoms with Crippen molar-refractivity contribution in [1.82, 2.24) is 10.6 Å². The summed E-state index contributed by atoms with van der Waals surface area (Å²) in [5.74, 6) is 0.295. The van der Waals surface area contributed by atoms with Gasteiger partial charge in [0.15, 0.2) is 0 Å². The van der Waals surface area contributed by atoms with E-state index in [9.17, 15) is 9.59 Å². The van der Waals surface area contributed by atoms with Crippen LogP contribution < -0.4 is 15.4 Å². The molecular formula is C23H33BrN2O4. The number of esters is 1. The molecule has 0 saturated carbocycles. The normalized spacial score (nSPS) is 16.1. The zero-order chi connectivity index (χ0) is 21.9. The number of methoxy groups -OCH3 is 1. The Hall–Kier alpha value is -2.02. The summed E-state index contributed by atoms with van der Waals surface area (Å²) >= 11 is 3.56. The van der Waals surface area contributed by atoms with E-state index < -0.39 is 12.0 Å². The summed E-state index contributed by atoms with van der Waals surface area (Å²) < 4.78 is 11.7. The third-order valence-corrected chi connectivity index (χ3v) is 5.83. The van der Waals surface area contributed by atoms with Crippen LogP contribution in [0.5, 0.6) is 5.75 Å². The number of urea groups is 1. The van der Waals surface area contributed by atoms with Crippen molar-refractivity contribution in [3.63, 3.8) is 0 Å². The first-order valence-corrected chi connectivity index (χ1v) is 11.6. The molecule has 6 nitrogen and oxygen atoms in total. The molecule has 166 valence electrons. The highest BCUT2D eigenvalue weighted by atomic mass is 79.9. The first-order valence-electron chi connectivity index (χ1n) is 10.8. The molecule has 1 atom stereocenters. The number of ether oxygens (including phenoxy) is 2. The van der Waals surface area contributed by atoms with E-state index in [-0.39, 0.29) is 6.03 Å². The molecule has 0 radical (unpaired) electrons. The Bertz CT molecular complexity index is 764. The average Bonchev–Trinajstić information content (AvgIpc) is 2.75. The number of amides is 2. The first-order chi connectivity index (χ1) is 14.5. The van der Waals surface area contributed by atoms with Gasteiger partial charge in [-0.25, -0.2) is 9.59 Å². The molecule has 1 heterocycles. The lowest BCUT2D eigenvalue weighted by Crippen LogP contribution is -2.45. The lowest BCUT2D eigenvalue weighted by atomic mass is 9.94. The fraction of sp³-hybridized carbons (Fsp3) is 0.565. The van der Waals surface area contributed by atoms with E-state index in [1.54, 1.807) is 0 Å². The van der Waals surface area contributed by atoms with E-state index >= 15 is 0 Å². The highest BCUT2D eigenvalue weighted by molar-refractivity contribution is 9.10. The van der Waals surface area contributed by atoms with Crippen LogP contribution in [0.2, 0.25) is 0 Å². The molecule has 0 spiro atoms. The number of hydrogen-bond acceptors (Lipinski definition) is 4. The minimum Gasteiger partial charge on any atom is -0.492 e. The topological polar surface area (TPSA) is 76.7 Å². The third-order valence-electron chi connectivity index (χ3n) is 5.21. The van der Waals surface area contributed by atoms with Crippen LogP contribution in [-0.4, -0.2) is 25.7 Å². The zero-order valence-corrected chi connectivity index (χ0v) is 19.8. The predicted octanol–water partition coefficient (Wildman–Crippen LogP) is 5.77. The molecule has 0 aromatic heterocycles. The van der Waals surface area contributed by atoms with Crippen molar-refractivity contribution in [2.75, 3.05) is 13.7 Å². The summed E-state index contributed by atoms with van der Waals surface area (Å²) in [6.45, 7) is 4.78. The Morgan fingerprint density at radius 1 is 1.10 bits per heavy atom. The van der Waals surface area contributed by atoms with Crippen LogP contribution in [0.4, 0.5) is 4.79 Å². The van der Waals surface area contributed by atoms with Crippen LogP contribution >= 0.6 is 15.9 Å². The molecule has 30 heavy (non-hydrogen) atoms. The Morgan fingerprint density at radius 3 is 2.43 bits per heavy atom. The summed E-state index contributed by atoms with van der Waals surface area (Å²) in [6.07, 6.45) is 9.18. The number of unbranched alkanes of at least 4 members (excludes halogenated alkanes) is 6. The van der Waals surface area contributed by atoms with Crippen molar-refractivity contribution in [2.45, 2.75) is 71.3 Å². The second-order valence-electron chi connectivity index (χ2n) is 7.43.